The molecule has 90 valence electrons. The Balaban J connectivity index is 3.08. The third-order valence-corrected chi connectivity index (χ3v) is 2.12. The van der Waals surface area contributed by atoms with Crippen LogP contribution in [0, 0.1) is 0 Å². The van der Waals surface area contributed by atoms with E-state index in [0.717, 1.165) is 0 Å². The summed E-state index contributed by atoms with van der Waals surface area (Å²) in [6, 6.07) is 1.85. The third-order valence-electron chi connectivity index (χ3n) is 2.12. The number of nitrogens with two attached hydrogens (primary N) is 1. The summed E-state index contributed by atoms with van der Waals surface area (Å²) >= 11 is 0. The average molecular weight is 235 g/mol. The van der Waals surface area contributed by atoms with Gasteiger partial charge >= 0.3 is 6.18 Å². The Morgan fingerprint density at radius 2 is 1.69 bits per heavy atom. The largest absolute Gasteiger partial charge is 0.493 e. The Labute approximate surface area is 91.0 Å². The number of halogens is 3. The van der Waals surface area contributed by atoms with Crippen LogP contribution in [-0.4, -0.2) is 20.4 Å². The van der Waals surface area contributed by atoms with Gasteiger partial charge in [0, 0.05) is 0 Å². The summed E-state index contributed by atoms with van der Waals surface area (Å²) < 4.78 is 46.9. The molecule has 0 saturated carbocycles. The van der Waals surface area contributed by atoms with Crippen LogP contribution in [0.1, 0.15) is 11.6 Å². The molecule has 0 heterocycles. The normalized spacial score (nSPS) is 13.4. The van der Waals surface area contributed by atoms with E-state index >= 15 is 0 Å². The zero-order valence-electron chi connectivity index (χ0n) is 8.84. The summed E-state index contributed by atoms with van der Waals surface area (Å²) in [5, 5.41) is 0. The van der Waals surface area contributed by atoms with Crippen molar-refractivity contribution in [2.45, 2.75) is 12.2 Å². The highest BCUT2D eigenvalue weighted by Gasteiger charge is 2.38. The monoisotopic (exact) mass is 235 g/mol. The summed E-state index contributed by atoms with van der Waals surface area (Å²) in [7, 11) is 2.75. The van der Waals surface area contributed by atoms with E-state index in [2.05, 4.69) is 0 Å². The van der Waals surface area contributed by atoms with Gasteiger partial charge in [-0.1, -0.05) is 6.07 Å². The summed E-state index contributed by atoms with van der Waals surface area (Å²) in [5.41, 5.74) is 5.00. The minimum atomic E-state index is -4.47. The lowest BCUT2D eigenvalue weighted by molar-refractivity contribution is -0.149. The first kappa shape index (κ1) is 12.6. The smallest absolute Gasteiger partial charge is 0.407 e. The maximum atomic E-state index is 12.4. The van der Waals surface area contributed by atoms with Crippen LogP contribution in [0.25, 0.3) is 0 Å². The van der Waals surface area contributed by atoms with E-state index in [9.17, 15) is 13.2 Å². The summed E-state index contributed by atoms with van der Waals surface area (Å²) in [6.45, 7) is 0. The molecule has 1 aromatic carbocycles. The van der Waals surface area contributed by atoms with Gasteiger partial charge in [-0.15, -0.1) is 0 Å². The average Bonchev–Trinajstić information content (AvgIpc) is 2.25. The van der Waals surface area contributed by atoms with Crippen LogP contribution in [0.2, 0.25) is 0 Å². The van der Waals surface area contributed by atoms with Crippen molar-refractivity contribution in [3.63, 3.8) is 0 Å². The third kappa shape index (κ3) is 2.57. The summed E-state index contributed by atoms with van der Waals surface area (Å²) in [6.07, 6.45) is -4.47. The fraction of sp³-hybridized carbons (Fsp3) is 0.400. The number of alkyl halides is 3. The SMILES string of the molecule is COc1ccc([C@H](N)C(F)(F)F)cc1OC. The van der Waals surface area contributed by atoms with Crippen molar-refractivity contribution < 1.29 is 22.6 Å². The Hall–Kier alpha value is -1.43. The molecule has 0 radical (unpaired) electrons. The van der Waals surface area contributed by atoms with Crippen molar-refractivity contribution in [1.29, 1.82) is 0 Å². The molecule has 0 fully saturated rings. The van der Waals surface area contributed by atoms with Gasteiger partial charge in [0.15, 0.2) is 11.5 Å². The first-order valence-corrected chi connectivity index (χ1v) is 4.44. The fourth-order valence-corrected chi connectivity index (χ4v) is 1.24. The molecule has 0 saturated heterocycles. The molecular weight excluding hydrogens is 223 g/mol. The van der Waals surface area contributed by atoms with Gasteiger partial charge in [0.2, 0.25) is 0 Å². The second-order valence-electron chi connectivity index (χ2n) is 3.13. The lowest BCUT2D eigenvalue weighted by atomic mass is 10.1. The van der Waals surface area contributed by atoms with E-state index in [1.807, 2.05) is 0 Å². The Bertz CT molecular complexity index is 366. The van der Waals surface area contributed by atoms with Gasteiger partial charge in [0.05, 0.1) is 14.2 Å². The molecule has 1 atom stereocenters. The van der Waals surface area contributed by atoms with Crippen molar-refractivity contribution in [2.75, 3.05) is 14.2 Å². The molecule has 0 bridgehead atoms. The first-order valence-electron chi connectivity index (χ1n) is 4.44. The first-order chi connectivity index (χ1) is 7.40. The number of hydrogen-bond acceptors (Lipinski definition) is 3. The zero-order chi connectivity index (χ0) is 12.3. The van der Waals surface area contributed by atoms with Crippen LogP contribution in [0.4, 0.5) is 13.2 Å². The molecular formula is C10H12F3NO2. The highest BCUT2D eigenvalue weighted by molar-refractivity contribution is 5.43. The molecule has 0 amide bonds. The summed E-state index contributed by atoms with van der Waals surface area (Å²) in [5.74, 6) is 0.584. The van der Waals surface area contributed by atoms with Gasteiger partial charge in [-0.2, -0.15) is 13.2 Å². The maximum absolute atomic E-state index is 12.4. The lowest BCUT2D eigenvalue weighted by Gasteiger charge is -2.17. The van der Waals surface area contributed by atoms with Crippen LogP contribution in [0.3, 0.4) is 0 Å². The van der Waals surface area contributed by atoms with Gasteiger partial charge in [0.1, 0.15) is 6.04 Å². The Morgan fingerprint density at radius 3 is 2.12 bits per heavy atom. The van der Waals surface area contributed by atoms with E-state index in [1.165, 1.54) is 32.4 Å². The van der Waals surface area contributed by atoms with Crippen LogP contribution in [-0.2, 0) is 0 Å². The topological polar surface area (TPSA) is 44.5 Å². The molecule has 0 aliphatic heterocycles. The molecule has 1 rings (SSSR count). The van der Waals surface area contributed by atoms with E-state index in [-0.39, 0.29) is 11.3 Å². The Kier molecular flexibility index (Phi) is 3.64. The van der Waals surface area contributed by atoms with Gasteiger partial charge in [0.25, 0.3) is 0 Å². The van der Waals surface area contributed by atoms with Gasteiger partial charge in [-0.25, -0.2) is 0 Å². The zero-order valence-corrected chi connectivity index (χ0v) is 8.84. The number of ether oxygens (including phenoxy) is 2. The number of benzene rings is 1. The molecule has 16 heavy (non-hydrogen) atoms. The standard InChI is InChI=1S/C10H12F3NO2/c1-15-7-4-3-6(5-8(7)16-2)9(14)10(11,12)13/h3-5,9H,14H2,1-2H3/t9-/m0/s1. The molecule has 0 aromatic heterocycles. The van der Waals surface area contributed by atoms with Gasteiger partial charge in [-0.3, -0.25) is 0 Å². The molecule has 3 nitrogen and oxygen atoms in total. The predicted molar refractivity (Wildman–Crippen MR) is 52.5 cm³/mol. The molecule has 6 heteroatoms. The van der Waals surface area contributed by atoms with Crippen LogP contribution < -0.4 is 15.2 Å². The van der Waals surface area contributed by atoms with Crippen molar-refractivity contribution in [1.82, 2.24) is 0 Å². The predicted octanol–water partition coefficient (Wildman–Crippen LogP) is 2.27. The van der Waals surface area contributed by atoms with E-state index in [1.54, 1.807) is 0 Å². The number of hydrogen-bond donors (Lipinski definition) is 1. The van der Waals surface area contributed by atoms with Crippen LogP contribution >= 0.6 is 0 Å². The number of methoxy groups -OCH3 is 2. The van der Waals surface area contributed by atoms with Crippen molar-refractivity contribution in [3.8, 4) is 11.5 Å². The second-order valence-corrected chi connectivity index (χ2v) is 3.13. The minimum absolute atomic E-state index is 0.0647. The van der Waals surface area contributed by atoms with Gasteiger partial charge in [-0.05, 0) is 17.7 Å². The quantitative estimate of drug-likeness (QED) is 0.874. The van der Waals surface area contributed by atoms with Crippen LogP contribution in [0.5, 0.6) is 11.5 Å². The Morgan fingerprint density at radius 1 is 1.12 bits per heavy atom. The van der Waals surface area contributed by atoms with Crippen molar-refractivity contribution in [3.05, 3.63) is 23.8 Å². The molecule has 1 aromatic rings. The van der Waals surface area contributed by atoms with E-state index in [0.29, 0.717) is 5.75 Å². The molecule has 0 aliphatic carbocycles. The summed E-state index contributed by atoms with van der Waals surface area (Å²) in [4.78, 5) is 0. The molecule has 0 aliphatic rings. The fourth-order valence-electron chi connectivity index (χ4n) is 1.24. The highest BCUT2D eigenvalue weighted by atomic mass is 19.4. The molecule has 0 spiro atoms. The number of rotatable bonds is 3. The molecule has 2 N–H and O–H groups in total. The minimum Gasteiger partial charge on any atom is -0.493 e. The maximum Gasteiger partial charge on any atom is 0.407 e. The van der Waals surface area contributed by atoms with E-state index < -0.39 is 12.2 Å². The van der Waals surface area contributed by atoms with Gasteiger partial charge < -0.3 is 15.2 Å². The second kappa shape index (κ2) is 4.61. The lowest BCUT2D eigenvalue weighted by Crippen LogP contribution is -2.28. The van der Waals surface area contributed by atoms with Crippen molar-refractivity contribution >= 4 is 0 Å². The molecule has 0 unspecified atom stereocenters. The van der Waals surface area contributed by atoms with Crippen LogP contribution in [0.15, 0.2) is 18.2 Å². The van der Waals surface area contributed by atoms with E-state index in [4.69, 9.17) is 15.2 Å². The van der Waals surface area contributed by atoms with Crippen molar-refractivity contribution in [2.24, 2.45) is 5.73 Å². The highest BCUT2D eigenvalue weighted by Crippen LogP contribution is 2.35.